The normalized spacial score (nSPS) is 19.1. The van der Waals surface area contributed by atoms with Gasteiger partial charge in [-0.3, -0.25) is 0 Å². The van der Waals surface area contributed by atoms with Crippen LogP contribution in [0, 0.1) is 0 Å². The summed E-state index contributed by atoms with van der Waals surface area (Å²) in [6.07, 6.45) is 5.36. The molecule has 0 radical (unpaired) electrons. The number of benzene rings is 2. The maximum Gasteiger partial charge on any atom is 0.0268 e. The highest BCUT2D eigenvalue weighted by Crippen LogP contribution is 2.08. The first-order chi connectivity index (χ1) is 7.34. The fourth-order valence-corrected chi connectivity index (χ4v) is 2.22. The first-order valence-corrected chi connectivity index (χ1v) is 5.30. The molecule has 1 aliphatic rings. The third-order valence-corrected chi connectivity index (χ3v) is 3.00. The summed E-state index contributed by atoms with van der Waals surface area (Å²) in [5, 5.41) is 5.21. The van der Waals surface area contributed by atoms with Gasteiger partial charge in [0.1, 0.15) is 0 Å². The lowest BCUT2D eigenvalue weighted by atomic mass is 9.99. The van der Waals surface area contributed by atoms with E-state index < -0.39 is 0 Å². The summed E-state index contributed by atoms with van der Waals surface area (Å²) in [6.45, 7) is 0. The third kappa shape index (κ3) is 1.36. The quantitative estimate of drug-likeness (QED) is 0.670. The van der Waals surface area contributed by atoms with Crippen LogP contribution in [0.15, 0.2) is 36.4 Å². The molecule has 0 aromatic heterocycles. The summed E-state index contributed by atoms with van der Waals surface area (Å²) in [6, 6.07) is 13.0. The second kappa shape index (κ2) is 3.21. The summed E-state index contributed by atoms with van der Waals surface area (Å²) in [5.74, 6) is 0. The fraction of sp³-hybridized carbons (Fsp3) is 0.143. The van der Waals surface area contributed by atoms with E-state index in [2.05, 4.69) is 48.6 Å². The molecule has 74 valence electrons. The van der Waals surface area contributed by atoms with Gasteiger partial charge in [0.2, 0.25) is 0 Å². The Morgan fingerprint density at radius 3 is 2.87 bits per heavy atom. The molecule has 2 N–H and O–H groups in total. The van der Waals surface area contributed by atoms with Crippen molar-refractivity contribution in [3.63, 3.8) is 0 Å². The second-order valence-corrected chi connectivity index (χ2v) is 4.06. The standard InChI is InChI=1S/C14H13N/c15-12-8-7-11-6-5-10-3-1-2-4-13(10)14(11)9-12/h1-7,9,12H,8,15H2. The Bertz CT molecular complexity index is 625. The molecule has 15 heavy (non-hydrogen) atoms. The van der Waals surface area contributed by atoms with Crippen molar-refractivity contribution in [3.05, 3.63) is 46.8 Å². The molecule has 1 atom stereocenters. The molecular weight excluding hydrogens is 182 g/mol. The van der Waals surface area contributed by atoms with Gasteiger partial charge in [-0.15, -0.1) is 0 Å². The maximum atomic E-state index is 5.95. The van der Waals surface area contributed by atoms with Gasteiger partial charge in [-0.1, -0.05) is 48.6 Å². The van der Waals surface area contributed by atoms with E-state index in [0.717, 1.165) is 6.42 Å². The first-order valence-electron chi connectivity index (χ1n) is 5.30. The molecule has 1 aliphatic carbocycles. The molecular formula is C14H13N. The number of hydrogen-bond acceptors (Lipinski definition) is 1. The lowest BCUT2D eigenvalue weighted by Crippen LogP contribution is -2.34. The van der Waals surface area contributed by atoms with Crippen LogP contribution in [0.25, 0.3) is 22.9 Å². The molecule has 1 nitrogen and oxygen atoms in total. The average molecular weight is 195 g/mol. The van der Waals surface area contributed by atoms with Gasteiger partial charge in [0.05, 0.1) is 0 Å². The van der Waals surface area contributed by atoms with Crippen molar-refractivity contribution in [2.45, 2.75) is 12.5 Å². The maximum absolute atomic E-state index is 5.95. The van der Waals surface area contributed by atoms with Gasteiger partial charge in [-0.05, 0) is 27.6 Å². The van der Waals surface area contributed by atoms with E-state index in [-0.39, 0.29) is 6.04 Å². The Balaban J connectivity index is 2.53. The van der Waals surface area contributed by atoms with Crippen LogP contribution < -0.4 is 16.2 Å². The second-order valence-electron chi connectivity index (χ2n) is 4.06. The van der Waals surface area contributed by atoms with E-state index in [1.807, 2.05) is 0 Å². The molecule has 2 aromatic carbocycles. The lowest BCUT2D eigenvalue weighted by Gasteiger charge is -2.09. The number of hydrogen-bond donors (Lipinski definition) is 1. The Kier molecular flexibility index (Phi) is 1.86. The Hall–Kier alpha value is -1.60. The zero-order valence-corrected chi connectivity index (χ0v) is 8.48. The smallest absolute Gasteiger partial charge is 0.0268 e. The van der Waals surface area contributed by atoms with Crippen molar-refractivity contribution >= 4 is 22.9 Å². The molecule has 0 fully saturated rings. The Morgan fingerprint density at radius 2 is 1.93 bits per heavy atom. The van der Waals surface area contributed by atoms with E-state index in [4.69, 9.17) is 5.73 Å². The largest absolute Gasteiger partial charge is 0.324 e. The van der Waals surface area contributed by atoms with Gasteiger partial charge >= 0.3 is 0 Å². The van der Waals surface area contributed by atoms with Crippen molar-refractivity contribution in [1.82, 2.24) is 0 Å². The highest BCUT2D eigenvalue weighted by molar-refractivity contribution is 5.84. The van der Waals surface area contributed by atoms with Gasteiger partial charge in [-0.25, -0.2) is 0 Å². The molecule has 0 saturated heterocycles. The summed E-state index contributed by atoms with van der Waals surface area (Å²) in [4.78, 5) is 0. The van der Waals surface area contributed by atoms with Crippen LogP contribution in [-0.4, -0.2) is 6.04 Å². The van der Waals surface area contributed by atoms with Crippen molar-refractivity contribution in [1.29, 1.82) is 0 Å². The minimum absolute atomic E-state index is 0.170. The Labute approximate surface area is 88.5 Å². The molecule has 0 spiro atoms. The van der Waals surface area contributed by atoms with Gasteiger partial charge in [0.25, 0.3) is 0 Å². The van der Waals surface area contributed by atoms with Crippen LogP contribution in [0.1, 0.15) is 6.42 Å². The molecule has 0 aliphatic heterocycles. The molecule has 0 amide bonds. The number of rotatable bonds is 0. The molecule has 0 heterocycles. The zero-order chi connectivity index (χ0) is 10.3. The highest BCUT2D eigenvalue weighted by atomic mass is 14.6. The molecule has 1 unspecified atom stereocenters. The van der Waals surface area contributed by atoms with Gasteiger partial charge in [-0.2, -0.15) is 0 Å². The van der Waals surface area contributed by atoms with E-state index >= 15 is 0 Å². The minimum Gasteiger partial charge on any atom is -0.324 e. The molecule has 1 heteroatoms. The van der Waals surface area contributed by atoms with Gasteiger partial charge in [0, 0.05) is 6.04 Å². The predicted octanol–water partition coefficient (Wildman–Crippen LogP) is 1.13. The van der Waals surface area contributed by atoms with E-state index in [1.54, 1.807) is 0 Å². The number of fused-ring (bicyclic) bond motifs is 3. The van der Waals surface area contributed by atoms with Crippen LogP contribution in [0.4, 0.5) is 0 Å². The van der Waals surface area contributed by atoms with Crippen LogP contribution in [-0.2, 0) is 0 Å². The van der Waals surface area contributed by atoms with Crippen molar-refractivity contribution in [2.24, 2.45) is 5.73 Å². The summed E-state index contributed by atoms with van der Waals surface area (Å²) in [7, 11) is 0. The summed E-state index contributed by atoms with van der Waals surface area (Å²) < 4.78 is 0. The minimum atomic E-state index is 0.170. The first kappa shape index (κ1) is 8.69. The average Bonchev–Trinajstić information content (AvgIpc) is 2.29. The molecule has 3 rings (SSSR count). The van der Waals surface area contributed by atoms with Gasteiger partial charge < -0.3 is 5.73 Å². The van der Waals surface area contributed by atoms with E-state index in [9.17, 15) is 0 Å². The Morgan fingerprint density at radius 1 is 1.07 bits per heavy atom. The van der Waals surface area contributed by atoms with Crippen LogP contribution in [0.2, 0.25) is 0 Å². The number of nitrogens with two attached hydrogens (primary N) is 1. The van der Waals surface area contributed by atoms with Crippen LogP contribution >= 0.6 is 0 Å². The lowest BCUT2D eigenvalue weighted by molar-refractivity contribution is 0.889. The summed E-state index contributed by atoms with van der Waals surface area (Å²) in [5.41, 5.74) is 5.95. The van der Waals surface area contributed by atoms with Crippen molar-refractivity contribution in [2.75, 3.05) is 0 Å². The van der Waals surface area contributed by atoms with E-state index in [1.165, 1.54) is 21.2 Å². The van der Waals surface area contributed by atoms with Gasteiger partial charge in [0.15, 0.2) is 0 Å². The topological polar surface area (TPSA) is 26.0 Å². The highest BCUT2D eigenvalue weighted by Gasteiger charge is 2.03. The van der Waals surface area contributed by atoms with E-state index in [0.29, 0.717) is 0 Å². The SMILES string of the molecule is NC1C=c2c(ccc3ccccc23)=CC1. The summed E-state index contributed by atoms with van der Waals surface area (Å²) >= 11 is 0. The van der Waals surface area contributed by atoms with Crippen molar-refractivity contribution < 1.29 is 0 Å². The van der Waals surface area contributed by atoms with Crippen molar-refractivity contribution in [3.8, 4) is 0 Å². The molecule has 0 saturated carbocycles. The van der Waals surface area contributed by atoms with Crippen LogP contribution in [0.5, 0.6) is 0 Å². The molecule has 2 aromatic rings. The predicted molar refractivity (Wildman–Crippen MR) is 64.7 cm³/mol. The monoisotopic (exact) mass is 195 g/mol. The fourth-order valence-electron chi connectivity index (χ4n) is 2.22. The van der Waals surface area contributed by atoms with Crippen LogP contribution in [0.3, 0.4) is 0 Å². The molecule has 0 bridgehead atoms. The zero-order valence-electron chi connectivity index (χ0n) is 8.48. The third-order valence-electron chi connectivity index (χ3n) is 3.00.